The molecule has 0 saturated carbocycles. The van der Waals surface area contributed by atoms with Crippen molar-refractivity contribution in [1.29, 1.82) is 0 Å². The predicted octanol–water partition coefficient (Wildman–Crippen LogP) is 4.06. The number of benzene rings is 2. The molecule has 2 aliphatic rings. The summed E-state index contributed by atoms with van der Waals surface area (Å²) < 4.78 is 10.6. The van der Waals surface area contributed by atoms with Crippen LogP contribution in [0.15, 0.2) is 35.4 Å². The average Bonchev–Trinajstić information content (AvgIpc) is 3.11. The van der Waals surface area contributed by atoms with Crippen molar-refractivity contribution in [1.82, 2.24) is 14.9 Å². The third kappa shape index (κ3) is 3.37. The Hall–Kier alpha value is -2.55. The quantitative estimate of drug-likeness (QED) is 0.494. The Labute approximate surface area is 176 Å². The summed E-state index contributed by atoms with van der Waals surface area (Å²) >= 11 is 8.08. The Morgan fingerprint density at radius 1 is 1.21 bits per heavy atom. The summed E-state index contributed by atoms with van der Waals surface area (Å²) in [6.45, 7) is 2.09. The number of carbonyl (C=O) groups excluding carboxylic acids is 1. The van der Waals surface area contributed by atoms with E-state index in [1.165, 1.54) is 11.8 Å². The first kappa shape index (κ1) is 18.5. The molecule has 3 aromatic rings. The van der Waals surface area contributed by atoms with E-state index in [0.29, 0.717) is 48.0 Å². The number of ether oxygens (including phenoxy) is 2. The Bertz CT molecular complexity index is 1140. The maximum absolute atomic E-state index is 11.6. The summed E-state index contributed by atoms with van der Waals surface area (Å²) in [6.07, 6.45) is -0.311. The van der Waals surface area contributed by atoms with Crippen molar-refractivity contribution in [3.63, 3.8) is 0 Å². The van der Waals surface area contributed by atoms with Gasteiger partial charge in [-0.1, -0.05) is 41.6 Å². The summed E-state index contributed by atoms with van der Waals surface area (Å²) in [4.78, 5) is 22.0. The number of aromatic nitrogens is 2. The number of hydrogen-bond acceptors (Lipinski definition) is 7. The molecule has 0 bridgehead atoms. The van der Waals surface area contributed by atoms with Crippen LogP contribution in [0.3, 0.4) is 0 Å². The molecule has 1 fully saturated rings. The van der Waals surface area contributed by atoms with E-state index in [-0.39, 0.29) is 12.0 Å². The lowest BCUT2D eigenvalue weighted by atomic mass is 9.93. The third-order valence-electron chi connectivity index (χ3n) is 4.99. The van der Waals surface area contributed by atoms with Gasteiger partial charge in [-0.2, -0.15) is 0 Å². The number of nitrogens with two attached hydrogens (primary N) is 1. The number of thioether (sulfide) groups is 1. The fourth-order valence-electron chi connectivity index (χ4n) is 3.71. The molecule has 148 valence electrons. The number of hydrogen-bond donors (Lipinski definition) is 1. The van der Waals surface area contributed by atoms with Gasteiger partial charge in [0.25, 0.3) is 0 Å². The second-order valence-electron chi connectivity index (χ2n) is 6.83. The molecule has 5 rings (SSSR count). The second kappa shape index (κ2) is 7.37. The number of nitrogen functional groups attached to an aromatic ring is 1. The van der Waals surface area contributed by atoms with Crippen LogP contribution < -0.4 is 5.73 Å². The molecule has 0 atom stereocenters. The molecule has 9 heteroatoms. The lowest BCUT2D eigenvalue weighted by Gasteiger charge is -2.21. The molecule has 1 aromatic heterocycles. The van der Waals surface area contributed by atoms with Crippen LogP contribution in [0, 0.1) is 0 Å². The van der Waals surface area contributed by atoms with Gasteiger partial charge in [-0.3, -0.25) is 4.90 Å². The highest BCUT2D eigenvalue weighted by Crippen LogP contribution is 2.40. The number of amides is 1. The number of anilines is 1. The number of rotatable bonds is 4. The normalized spacial score (nSPS) is 15.8. The Kier molecular flexibility index (Phi) is 4.69. The molecule has 2 aromatic carbocycles. The minimum absolute atomic E-state index is 0.161. The second-order valence-corrected chi connectivity index (χ2v) is 8.20. The summed E-state index contributed by atoms with van der Waals surface area (Å²) in [7, 11) is 0. The Balaban J connectivity index is 1.57. The van der Waals surface area contributed by atoms with Gasteiger partial charge in [0, 0.05) is 5.56 Å². The third-order valence-corrected chi connectivity index (χ3v) is 6.23. The highest BCUT2D eigenvalue weighted by atomic mass is 35.5. The van der Waals surface area contributed by atoms with E-state index in [2.05, 4.69) is 16.0 Å². The van der Waals surface area contributed by atoms with Gasteiger partial charge >= 0.3 is 6.09 Å². The first-order valence-electron chi connectivity index (χ1n) is 9.10. The lowest BCUT2D eigenvalue weighted by molar-refractivity contribution is 0.103. The van der Waals surface area contributed by atoms with Crippen molar-refractivity contribution in [3.8, 4) is 11.3 Å². The predicted molar refractivity (Wildman–Crippen MR) is 112 cm³/mol. The highest BCUT2D eigenvalue weighted by molar-refractivity contribution is 7.99. The van der Waals surface area contributed by atoms with Gasteiger partial charge in [0.05, 0.1) is 36.4 Å². The average molecular weight is 429 g/mol. The molecular weight excluding hydrogens is 412 g/mol. The summed E-state index contributed by atoms with van der Waals surface area (Å²) in [6, 6.07) is 9.90. The van der Waals surface area contributed by atoms with Crippen molar-refractivity contribution in [2.45, 2.75) is 18.2 Å². The molecule has 0 radical (unpaired) electrons. The molecule has 7 nitrogen and oxygen atoms in total. The van der Waals surface area contributed by atoms with E-state index in [0.717, 1.165) is 27.5 Å². The topological polar surface area (TPSA) is 90.6 Å². The smallest absolute Gasteiger partial charge is 0.410 e. The summed E-state index contributed by atoms with van der Waals surface area (Å²) in [5, 5.41) is 3.44. The van der Waals surface area contributed by atoms with Crippen molar-refractivity contribution in [2.75, 3.05) is 24.8 Å². The molecule has 29 heavy (non-hydrogen) atoms. The van der Waals surface area contributed by atoms with Crippen LogP contribution in [-0.2, 0) is 22.7 Å². The zero-order valence-electron chi connectivity index (χ0n) is 15.4. The molecule has 0 aliphatic carbocycles. The van der Waals surface area contributed by atoms with E-state index >= 15 is 0 Å². The van der Waals surface area contributed by atoms with Gasteiger partial charge in [0.1, 0.15) is 11.6 Å². The van der Waals surface area contributed by atoms with Crippen LogP contribution in [-0.4, -0.2) is 40.0 Å². The summed E-state index contributed by atoms with van der Waals surface area (Å²) in [5.41, 5.74) is 9.68. The van der Waals surface area contributed by atoms with Crippen molar-refractivity contribution < 1.29 is 14.3 Å². The zero-order chi connectivity index (χ0) is 20.0. The molecule has 0 unspecified atom stereocenters. The summed E-state index contributed by atoms with van der Waals surface area (Å²) in [5.74, 6) is 0.595. The van der Waals surface area contributed by atoms with Crippen LogP contribution in [0.25, 0.3) is 22.0 Å². The van der Waals surface area contributed by atoms with E-state index in [4.69, 9.17) is 26.8 Å². The first-order chi connectivity index (χ1) is 14.1. The van der Waals surface area contributed by atoms with Crippen LogP contribution in [0.4, 0.5) is 10.7 Å². The Morgan fingerprint density at radius 3 is 2.90 bits per heavy atom. The Morgan fingerprint density at radius 2 is 2.07 bits per heavy atom. The van der Waals surface area contributed by atoms with E-state index in [9.17, 15) is 4.79 Å². The zero-order valence-corrected chi connectivity index (χ0v) is 16.9. The van der Waals surface area contributed by atoms with Crippen LogP contribution in [0.1, 0.15) is 11.1 Å². The van der Waals surface area contributed by atoms with Gasteiger partial charge < -0.3 is 15.2 Å². The first-order valence-corrected chi connectivity index (χ1v) is 10.5. The van der Waals surface area contributed by atoms with Gasteiger partial charge in [-0.05, 0) is 34.0 Å². The fraction of sp³-hybridized carbons (Fsp3) is 0.250. The lowest BCUT2D eigenvalue weighted by Crippen LogP contribution is -2.23. The molecule has 1 saturated heterocycles. The van der Waals surface area contributed by atoms with E-state index in [1.54, 1.807) is 4.90 Å². The monoisotopic (exact) mass is 428 g/mol. The van der Waals surface area contributed by atoms with Crippen molar-refractivity contribution in [2.24, 2.45) is 0 Å². The van der Waals surface area contributed by atoms with Gasteiger partial charge in [0.2, 0.25) is 5.95 Å². The fourth-order valence-corrected chi connectivity index (χ4v) is 4.92. The van der Waals surface area contributed by atoms with Crippen LogP contribution in [0.5, 0.6) is 0 Å². The van der Waals surface area contributed by atoms with Gasteiger partial charge in [0.15, 0.2) is 0 Å². The molecule has 3 heterocycles. The van der Waals surface area contributed by atoms with Gasteiger partial charge in [-0.15, -0.1) is 0 Å². The molecule has 2 N–H and O–H groups in total. The maximum atomic E-state index is 11.6. The molecule has 1 amide bonds. The van der Waals surface area contributed by atoms with Crippen molar-refractivity contribution in [3.05, 3.63) is 46.5 Å². The minimum Gasteiger partial charge on any atom is -0.448 e. The van der Waals surface area contributed by atoms with E-state index < -0.39 is 0 Å². The van der Waals surface area contributed by atoms with Crippen molar-refractivity contribution >= 4 is 46.2 Å². The number of cyclic esters (lactones) is 1. The number of halogens is 1. The van der Waals surface area contributed by atoms with Crippen LogP contribution in [0.2, 0.25) is 5.02 Å². The number of nitrogens with zero attached hydrogens (tertiary/aromatic N) is 3. The van der Waals surface area contributed by atoms with Crippen LogP contribution >= 0.6 is 23.4 Å². The number of carbonyl (C=O) groups is 1. The van der Waals surface area contributed by atoms with E-state index in [1.807, 2.05) is 24.3 Å². The maximum Gasteiger partial charge on any atom is 0.410 e. The standard InChI is InChI=1S/C20H17ClN4O3S/c21-14-6-12-9-27-8-11-2-1-3-13(17(11)12)18(14)15-7-16(24-19(22)23-15)29-10-25-4-5-28-20(25)26/h1-3,6-7H,4-5,8-10H2,(H2,22,23,24). The largest absolute Gasteiger partial charge is 0.448 e. The molecular formula is C20H17ClN4O3S. The molecule has 2 aliphatic heterocycles. The molecule has 0 spiro atoms. The van der Waals surface area contributed by atoms with Gasteiger partial charge in [-0.25, -0.2) is 14.8 Å². The SMILES string of the molecule is Nc1nc(SCN2CCOC2=O)cc(-c2c(Cl)cc3c4c(cccc24)COC3)n1. The minimum atomic E-state index is -0.311. The highest BCUT2D eigenvalue weighted by Gasteiger charge is 2.23.